The van der Waals surface area contributed by atoms with Gasteiger partial charge in [-0.15, -0.1) is 0 Å². The van der Waals surface area contributed by atoms with Crippen molar-refractivity contribution in [1.82, 2.24) is 0 Å². The molecule has 0 aromatic heterocycles. The quantitative estimate of drug-likeness (QED) is 0.367. The fourth-order valence-electron chi connectivity index (χ4n) is 2.01. The number of hydrogen-bond acceptors (Lipinski definition) is 3. The van der Waals surface area contributed by atoms with Crippen LogP contribution in [-0.4, -0.2) is 10.7 Å². The Labute approximate surface area is 127 Å². The second kappa shape index (κ2) is 6.30. The highest BCUT2D eigenvalue weighted by Gasteiger charge is 2.14. The minimum atomic E-state index is -0.898. The topological polar surface area (TPSA) is 60.2 Å². The molecule has 2 aromatic rings. The van der Waals surface area contributed by atoms with Crippen molar-refractivity contribution in [2.75, 3.05) is 0 Å². The lowest BCUT2D eigenvalue weighted by Gasteiger charge is -2.02. The van der Waals surface area contributed by atoms with Crippen LogP contribution >= 0.6 is 0 Å². The molecule has 0 aliphatic rings. The monoisotopic (exact) mass is 299 g/mol. The normalized spacial score (nSPS) is 10.9. The van der Waals surface area contributed by atoms with E-state index in [9.17, 15) is 19.3 Å². The van der Waals surface area contributed by atoms with Crippen molar-refractivity contribution in [2.45, 2.75) is 13.8 Å². The number of ketones is 1. The first kappa shape index (κ1) is 15.6. The van der Waals surface area contributed by atoms with Gasteiger partial charge in [-0.1, -0.05) is 29.8 Å². The van der Waals surface area contributed by atoms with E-state index < -0.39 is 16.5 Å². The number of hydrogen-bond donors (Lipinski definition) is 0. The summed E-state index contributed by atoms with van der Waals surface area (Å²) in [7, 11) is 0. The summed E-state index contributed by atoms with van der Waals surface area (Å²) in [5, 5.41) is 10.6. The number of allylic oxidation sites excluding steroid dienone is 1. The molecule has 2 aromatic carbocycles. The van der Waals surface area contributed by atoms with E-state index in [2.05, 4.69) is 0 Å². The lowest BCUT2D eigenvalue weighted by Crippen LogP contribution is -2.00. The van der Waals surface area contributed by atoms with E-state index >= 15 is 0 Å². The predicted octanol–water partition coefficient (Wildman–Crippen LogP) is 4.25. The summed E-state index contributed by atoms with van der Waals surface area (Å²) in [5.74, 6) is -1.43. The zero-order valence-electron chi connectivity index (χ0n) is 12.2. The van der Waals surface area contributed by atoms with Crippen molar-refractivity contribution < 1.29 is 14.1 Å². The van der Waals surface area contributed by atoms with E-state index in [0.29, 0.717) is 0 Å². The largest absolute Gasteiger partial charge is 0.289 e. The molecule has 4 nitrogen and oxygen atoms in total. The third kappa shape index (κ3) is 3.44. The summed E-state index contributed by atoms with van der Waals surface area (Å²) in [5.41, 5.74) is 2.36. The summed E-state index contributed by atoms with van der Waals surface area (Å²) in [6.45, 7) is 3.85. The van der Waals surface area contributed by atoms with Crippen molar-refractivity contribution in [3.63, 3.8) is 0 Å². The van der Waals surface area contributed by atoms with E-state index in [0.717, 1.165) is 34.9 Å². The molecule has 0 saturated carbocycles. The highest BCUT2D eigenvalue weighted by Crippen LogP contribution is 2.18. The van der Waals surface area contributed by atoms with Crippen LogP contribution in [0.5, 0.6) is 0 Å². The summed E-state index contributed by atoms with van der Waals surface area (Å²) in [6, 6.07) is 8.81. The highest BCUT2D eigenvalue weighted by molar-refractivity contribution is 6.07. The zero-order valence-corrected chi connectivity index (χ0v) is 12.2. The second-order valence-corrected chi connectivity index (χ2v) is 4.98. The second-order valence-electron chi connectivity index (χ2n) is 4.98. The van der Waals surface area contributed by atoms with Crippen LogP contribution in [0, 0.1) is 29.8 Å². The molecular formula is C17H14FNO3. The average molecular weight is 299 g/mol. The molecule has 0 fully saturated rings. The van der Waals surface area contributed by atoms with Gasteiger partial charge in [0.05, 0.1) is 16.6 Å². The summed E-state index contributed by atoms with van der Waals surface area (Å²) >= 11 is 0. The number of benzene rings is 2. The molecule has 0 radical (unpaired) electrons. The minimum Gasteiger partial charge on any atom is -0.289 e. The fraction of sp³-hybridized carbons (Fsp3) is 0.118. The Morgan fingerprint density at radius 3 is 2.55 bits per heavy atom. The minimum absolute atomic E-state index is 0.188. The highest BCUT2D eigenvalue weighted by atomic mass is 19.1. The number of nitrogens with zero attached hydrogens (tertiary/aromatic N) is 1. The van der Waals surface area contributed by atoms with Crippen molar-refractivity contribution in [1.29, 1.82) is 0 Å². The zero-order chi connectivity index (χ0) is 16.3. The summed E-state index contributed by atoms with van der Waals surface area (Å²) in [6.07, 6.45) is 2.89. The van der Waals surface area contributed by atoms with Crippen LogP contribution in [0.1, 0.15) is 27.0 Å². The maximum absolute atomic E-state index is 13.8. The van der Waals surface area contributed by atoms with Crippen LogP contribution in [0.4, 0.5) is 10.1 Å². The number of carbonyl (C=O) groups excluding carboxylic acids is 1. The van der Waals surface area contributed by atoms with Crippen molar-refractivity contribution in [3.05, 3.63) is 80.7 Å². The van der Waals surface area contributed by atoms with Crippen LogP contribution < -0.4 is 0 Å². The molecule has 0 aliphatic carbocycles. The number of nitro benzene ring substituents is 1. The van der Waals surface area contributed by atoms with Gasteiger partial charge in [-0.2, -0.15) is 0 Å². The molecule has 2 rings (SSSR count). The molecular weight excluding hydrogens is 285 g/mol. The van der Waals surface area contributed by atoms with Gasteiger partial charge in [0.25, 0.3) is 5.69 Å². The molecule has 112 valence electrons. The van der Waals surface area contributed by atoms with Crippen molar-refractivity contribution >= 4 is 17.5 Å². The van der Waals surface area contributed by atoms with E-state index in [4.69, 9.17) is 0 Å². The Morgan fingerprint density at radius 1 is 1.18 bits per heavy atom. The first-order valence-electron chi connectivity index (χ1n) is 6.62. The van der Waals surface area contributed by atoms with Gasteiger partial charge in [-0.3, -0.25) is 14.9 Å². The SMILES string of the molecule is Cc1ccc(C)c(/C=C/C(=O)c2ccc([N+](=O)[O-])cc2F)c1. The van der Waals surface area contributed by atoms with E-state index in [1.165, 1.54) is 6.08 Å². The average Bonchev–Trinajstić information content (AvgIpc) is 2.47. The van der Waals surface area contributed by atoms with Gasteiger partial charge in [-0.05, 0) is 37.1 Å². The first-order valence-corrected chi connectivity index (χ1v) is 6.62. The van der Waals surface area contributed by atoms with Gasteiger partial charge in [0.2, 0.25) is 0 Å². The number of non-ortho nitro benzene ring substituents is 1. The van der Waals surface area contributed by atoms with Crippen LogP contribution in [-0.2, 0) is 0 Å². The lowest BCUT2D eigenvalue weighted by molar-refractivity contribution is -0.385. The molecule has 0 unspecified atom stereocenters. The van der Waals surface area contributed by atoms with Gasteiger partial charge >= 0.3 is 0 Å². The smallest absolute Gasteiger partial charge is 0.272 e. The fourth-order valence-corrected chi connectivity index (χ4v) is 2.01. The third-order valence-corrected chi connectivity index (χ3v) is 3.28. The molecule has 22 heavy (non-hydrogen) atoms. The number of nitro groups is 1. The number of aryl methyl sites for hydroxylation is 2. The predicted molar refractivity (Wildman–Crippen MR) is 82.3 cm³/mol. The number of rotatable bonds is 4. The Balaban J connectivity index is 2.27. The number of carbonyl (C=O) groups is 1. The first-order chi connectivity index (χ1) is 10.4. The molecule has 0 bridgehead atoms. The maximum atomic E-state index is 13.8. The molecule has 0 amide bonds. The van der Waals surface area contributed by atoms with E-state index in [-0.39, 0.29) is 11.3 Å². The maximum Gasteiger partial charge on any atom is 0.272 e. The Bertz CT molecular complexity index is 781. The van der Waals surface area contributed by atoms with Crippen LogP contribution in [0.25, 0.3) is 6.08 Å². The van der Waals surface area contributed by atoms with E-state index in [1.54, 1.807) is 6.08 Å². The molecule has 5 heteroatoms. The lowest BCUT2D eigenvalue weighted by atomic mass is 10.0. The van der Waals surface area contributed by atoms with Gasteiger partial charge in [-0.25, -0.2) is 4.39 Å². The van der Waals surface area contributed by atoms with Gasteiger partial charge in [0.1, 0.15) is 5.82 Å². The van der Waals surface area contributed by atoms with Gasteiger partial charge in [0.15, 0.2) is 5.78 Å². The molecule has 0 heterocycles. The third-order valence-electron chi connectivity index (χ3n) is 3.28. The van der Waals surface area contributed by atoms with Gasteiger partial charge < -0.3 is 0 Å². The summed E-state index contributed by atoms with van der Waals surface area (Å²) < 4.78 is 13.8. The van der Waals surface area contributed by atoms with E-state index in [1.807, 2.05) is 32.0 Å². The molecule has 0 spiro atoms. The van der Waals surface area contributed by atoms with Crippen LogP contribution in [0.15, 0.2) is 42.5 Å². The van der Waals surface area contributed by atoms with Crippen LogP contribution in [0.3, 0.4) is 0 Å². The Hall–Kier alpha value is -2.82. The Kier molecular flexibility index (Phi) is 4.46. The Morgan fingerprint density at radius 2 is 1.91 bits per heavy atom. The number of halogens is 1. The summed E-state index contributed by atoms with van der Waals surface area (Å²) in [4.78, 5) is 21.9. The van der Waals surface area contributed by atoms with Crippen molar-refractivity contribution in [3.8, 4) is 0 Å². The molecule has 0 atom stereocenters. The molecule has 0 N–H and O–H groups in total. The van der Waals surface area contributed by atoms with Crippen LogP contribution in [0.2, 0.25) is 0 Å². The molecule has 0 aliphatic heterocycles. The molecule has 0 saturated heterocycles. The van der Waals surface area contributed by atoms with Gasteiger partial charge in [0, 0.05) is 6.07 Å². The standard InChI is InChI=1S/C17H14FNO3/c1-11-3-4-12(2)13(9-11)5-8-17(20)15-7-6-14(19(21)22)10-16(15)18/h3-10H,1-2H3/b8-5+. The van der Waals surface area contributed by atoms with Crippen molar-refractivity contribution in [2.24, 2.45) is 0 Å².